The van der Waals surface area contributed by atoms with E-state index in [9.17, 15) is 0 Å². The number of rotatable bonds is 8. The highest BCUT2D eigenvalue weighted by atomic mass is 16.5. The average molecular weight is 499 g/mol. The van der Waals surface area contributed by atoms with Crippen LogP contribution in [0.5, 0.6) is 28.7 Å². The molecule has 0 aliphatic rings. The summed E-state index contributed by atoms with van der Waals surface area (Å²) in [5.41, 5.74) is 8.34. The fraction of sp³-hybridized carbons (Fsp3) is 0.250. The molecule has 0 fully saturated rings. The van der Waals surface area contributed by atoms with Crippen LogP contribution in [-0.2, 0) is 0 Å². The molecule has 192 valence electrons. The van der Waals surface area contributed by atoms with Crippen molar-refractivity contribution < 1.29 is 23.7 Å². The predicted molar refractivity (Wildman–Crippen MR) is 150 cm³/mol. The summed E-state index contributed by atoms with van der Waals surface area (Å²) in [5.74, 6) is 3.69. The van der Waals surface area contributed by atoms with Gasteiger partial charge < -0.3 is 23.7 Å². The molecule has 0 aliphatic carbocycles. The summed E-state index contributed by atoms with van der Waals surface area (Å²) in [5, 5.41) is 0. The first-order valence-electron chi connectivity index (χ1n) is 12.1. The molecule has 0 atom stereocenters. The summed E-state index contributed by atoms with van der Waals surface area (Å²) in [6.45, 7) is 6.10. The Morgan fingerprint density at radius 2 is 0.811 bits per heavy atom. The molecular weight excluding hydrogens is 464 g/mol. The van der Waals surface area contributed by atoms with Crippen LogP contribution in [-0.4, -0.2) is 35.5 Å². The SMILES string of the molecule is COc1cc(-c2cccc(C)c2OC)c(OC)c(-c2cccc(C)c2OC)c1-c1cccc(C)c1OC. The maximum absolute atomic E-state index is 6.22. The van der Waals surface area contributed by atoms with Crippen LogP contribution in [0, 0.1) is 20.8 Å². The number of methoxy groups -OCH3 is 5. The molecule has 0 aromatic heterocycles. The van der Waals surface area contributed by atoms with Crippen LogP contribution in [0.25, 0.3) is 33.4 Å². The highest BCUT2D eigenvalue weighted by Gasteiger charge is 2.28. The zero-order valence-electron chi connectivity index (χ0n) is 22.8. The zero-order valence-corrected chi connectivity index (χ0v) is 22.8. The minimum atomic E-state index is 0.682. The molecule has 0 saturated carbocycles. The van der Waals surface area contributed by atoms with Crippen LogP contribution in [0.1, 0.15) is 16.7 Å². The van der Waals surface area contributed by atoms with Crippen molar-refractivity contribution in [3.8, 4) is 62.1 Å². The van der Waals surface area contributed by atoms with Crippen molar-refractivity contribution in [1.82, 2.24) is 0 Å². The van der Waals surface area contributed by atoms with E-state index in [4.69, 9.17) is 23.7 Å². The number of ether oxygens (including phenoxy) is 5. The van der Waals surface area contributed by atoms with Crippen LogP contribution >= 0.6 is 0 Å². The first kappa shape index (κ1) is 26.0. The molecule has 4 rings (SSSR count). The highest BCUT2D eigenvalue weighted by Crippen LogP contribution is 2.55. The number of aryl methyl sites for hydroxylation is 3. The summed E-state index contributed by atoms with van der Waals surface area (Å²) in [6, 6.07) is 20.3. The zero-order chi connectivity index (χ0) is 26.7. The normalized spacial score (nSPS) is 10.7. The van der Waals surface area contributed by atoms with E-state index in [1.54, 1.807) is 35.5 Å². The predicted octanol–water partition coefficient (Wildman–Crippen LogP) is 7.66. The maximum Gasteiger partial charge on any atom is 0.135 e. The largest absolute Gasteiger partial charge is 0.496 e. The second-order valence-electron chi connectivity index (χ2n) is 8.88. The lowest BCUT2D eigenvalue weighted by molar-refractivity contribution is 0.400. The third kappa shape index (κ3) is 4.46. The van der Waals surface area contributed by atoms with Crippen LogP contribution in [0.15, 0.2) is 60.7 Å². The van der Waals surface area contributed by atoms with E-state index in [0.29, 0.717) is 11.5 Å². The summed E-state index contributed by atoms with van der Waals surface area (Å²) < 4.78 is 30.0. The quantitative estimate of drug-likeness (QED) is 0.250. The van der Waals surface area contributed by atoms with E-state index < -0.39 is 0 Å². The molecule has 0 saturated heterocycles. The molecule has 37 heavy (non-hydrogen) atoms. The Hall–Kier alpha value is -4.12. The maximum atomic E-state index is 6.22. The van der Waals surface area contributed by atoms with Gasteiger partial charge in [0.25, 0.3) is 0 Å². The van der Waals surface area contributed by atoms with Gasteiger partial charge in [-0.05, 0) is 43.5 Å². The molecule has 0 heterocycles. The van der Waals surface area contributed by atoms with Gasteiger partial charge in [0.2, 0.25) is 0 Å². The minimum Gasteiger partial charge on any atom is -0.496 e. The molecule has 0 N–H and O–H groups in total. The third-order valence-electron chi connectivity index (χ3n) is 6.74. The van der Waals surface area contributed by atoms with Gasteiger partial charge in [-0.3, -0.25) is 0 Å². The van der Waals surface area contributed by atoms with Crippen LogP contribution in [0.4, 0.5) is 0 Å². The topological polar surface area (TPSA) is 46.2 Å². The fourth-order valence-corrected chi connectivity index (χ4v) is 5.11. The van der Waals surface area contributed by atoms with Crippen LogP contribution < -0.4 is 23.7 Å². The Morgan fingerprint density at radius 3 is 1.24 bits per heavy atom. The summed E-state index contributed by atoms with van der Waals surface area (Å²) in [6.07, 6.45) is 0. The van der Waals surface area contributed by atoms with E-state index in [1.165, 1.54) is 0 Å². The van der Waals surface area contributed by atoms with E-state index in [0.717, 1.165) is 67.3 Å². The molecule has 4 aromatic rings. The Bertz CT molecular complexity index is 1440. The molecular formula is C32H34O5. The van der Waals surface area contributed by atoms with Crippen molar-refractivity contribution in [2.24, 2.45) is 0 Å². The van der Waals surface area contributed by atoms with Gasteiger partial charge in [0.1, 0.15) is 28.7 Å². The molecule has 0 radical (unpaired) electrons. The lowest BCUT2D eigenvalue weighted by Crippen LogP contribution is -2.03. The average Bonchev–Trinajstić information content (AvgIpc) is 2.91. The lowest BCUT2D eigenvalue weighted by Gasteiger charge is -2.25. The number of para-hydroxylation sites is 3. The van der Waals surface area contributed by atoms with Crippen molar-refractivity contribution in [3.63, 3.8) is 0 Å². The Labute approximate surface area is 219 Å². The van der Waals surface area contributed by atoms with Gasteiger partial charge in [-0.15, -0.1) is 0 Å². The summed E-state index contributed by atoms with van der Waals surface area (Å²) in [4.78, 5) is 0. The first-order chi connectivity index (χ1) is 17.9. The molecule has 0 spiro atoms. The second kappa shape index (κ2) is 10.9. The number of benzene rings is 4. The van der Waals surface area contributed by atoms with E-state index in [1.807, 2.05) is 81.4 Å². The molecule has 0 unspecified atom stereocenters. The van der Waals surface area contributed by atoms with Crippen LogP contribution in [0.3, 0.4) is 0 Å². The Morgan fingerprint density at radius 1 is 0.405 bits per heavy atom. The van der Waals surface area contributed by atoms with Gasteiger partial charge in [-0.2, -0.15) is 0 Å². The molecule has 0 aliphatic heterocycles. The van der Waals surface area contributed by atoms with E-state index in [-0.39, 0.29) is 0 Å². The van der Waals surface area contributed by atoms with Crippen molar-refractivity contribution in [1.29, 1.82) is 0 Å². The van der Waals surface area contributed by atoms with Gasteiger partial charge in [-0.25, -0.2) is 0 Å². The highest BCUT2D eigenvalue weighted by molar-refractivity contribution is 6.00. The molecule has 0 amide bonds. The molecule has 0 bridgehead atoms. The van der Waals surface area contributed by atoms with Gasteiger partial charge in [-0.1, -0.05) is 54.6 Å². The first-order valence-corrected chi connectivity index (χ1v) is 12.1. The standard InChI is InChI=1S/C32H34O5/c1-19-12-9-15-22(29(19)34-5)25-18-26(33-4)27(23-16-10-13-20(2)30(23)35-6)28(32(25)37-8)24-17-11-14-21(3)31(24)36-7/h9-18H,1-8H3. The Kier molecular flexibility index (Phi) is 7.63. The molecule has 4 aromatic carbocycles. The van der Waals surface area contributed by atoms with Gasteiger partial charge >= 0.3 is 0 Å². The lowest BCUT2D eigenvalue weighted by atomic mass is 9.86. The van der Waals surface area contributed by atoms with Crippen LogP contribution in [0.2, 0.25) is 0 Å². The smallest absolute Gasteiger partial charge is 0.135 e. The van der Waals surface area contributed by atoms with Gasteiger partial charge in [0.15, 0.2) is 0 Å². The van der Waals surface area contributed by atoms with E-state index >= 15 is 0 Å². The summed E-state index contributed by atoms with van der Waals surface area (Å²) in [7, 11) is 8.44. The Balaban J connectivity index is 2.26. The fourth-order valence-electron chi connectivity index (χ4n) is 5.11. The number of hydrogen-bond donors (Lipinski definition) is 0. The number of hydrogen-bond acceptors (Lipinski definition) is 5. The summed E-state index contributed by atoms with van der Waals surface area (Å²) >= 11 is 0. The van der Waals surface area contributed by atoms with Crippen molar-refractivity contribution >= 4 is 0 Å². The van der Waals surface area contributed by atoms with Crippen molar-refractivity contribution in [2.75, 3.05) is 35.5 Å². The van der Waals surface area contributed by atoms with Gasteiger partial charge in [0.05, 0.1) is 35.5 Å². The second-order valence-corrected chi connectivity index (χ2v) is 8.88. The van der Waals surface area contributed by atoms with Crippen molar-refractivity contribution in [2.45, 2.75) is 20.8 Å². The monoisotopic (exact) mass is 498 g/mol. The molecule has 5 heteroatoms. The molecule has 5 nitrogen and oxygen atoms in total. The third-order valence-corrected chi connectivity index (χ3v) is 6.74. The van der Waals surface area contributed by atoms with Crippen molar-refractivity contribution in [3.05, 3.63) is 77.4 Å². The van der Waals surface area contributed by atoms with E-state index in [2.05, 4.69) is 0 Å². The van der Waals surface area contributed by atoms with Gasteiger partial charge in [0, 0.05) is 33.4 Å². The minimum absolute atomic E-state index is 0.682.